The lowest BCUT2D eigenvalue weighted by Crippen LogP contribution is -2.42. The molecule has 16 aromatic rings. The van der Waals surface area contributed by atoms with Crippen LogP contribution in [0.4, 0.5) is 13.2 Å². The zero-order valence-electron chi connectivity index (χ0n) is 85.6. The number of nitrogens with zero attached hydrogens (tertiary/aromatic N) is 15. The molecule has 10 aromatic carbocycles. The molecule has 2 N–H and O–H groups in total. The second kappa shape index (κ2) is 51.3. The maximum absolute atomic E-state index is 13.6. The van der Waals surface area contributed by atoms with Crippen LogP contribution in [-0.4, -0.2) is 204 Å². The van der Waals surface area contributed by atoms with Gasteiger partial charge in [0.1, 0.15) is 0 Å². The third-order valence-electron chi connectivity index (χ3n) is 23.9. The van der Waals surface area contributed by atoms with E-state index in [9.17, 15) is 28.2 Å². The van der Waals surface area contributed by atoms with Gasteiger partial charge in [-0.05, 0) is 294 Å². The SMILES string of the molecule is CCOc1ccc(-c2nc(-c3ccc(CN(C)C)c(C)c3)no2)cc1OCC.CCOc1ccc(-c2nc(-c3ccc(CN4CCCC4)c(C)c3)no2)cc1OCC.CCOc1ccc(-c2nc(-c3ccc(CN4C[C@H](O)C[C@H]4C(=O)N(C)C)cc3C)no2)cc1OCC.CCOc1ccc(-c2nc(-c3ccc(CO)cc3C)no2)cc1OCC.FC(F)(F)c1cc(-c2nc(-c3ccncc3)no2)ccc1-c1ccccc1. The summed E-state index contributed by atoms with van der Waals surface area (Å²) in [4.78, 5) is 47.3. The molecule has 31 nitrogen and oxygen atoms in total. The van der Waals surface area contributed by atoms with Crippen LogP contribution in [0.3, 0.4) is 0 Å². The van der Waals surface area contributed by atoms with Crippen LogP contribution in [-0.2, 0) is 37.2 Å². The van der Waals surface area contributed by atoms with Crippen molar-refractivity contribution in [2.75, 3.05) is 101 Å². The van der Waals surface area contributed by atoms with Crippen molar-refractivity contribution >= 4 is 5.91 Å². The van der Waals surface area contributed by atoms with Gasteiger partial charge in [0, 0.05) is 108 Å². The molecular weight excluding hydrogens is 1880 g/mol. The molecule has 0 spiro atoms. The number of rotatable bonds is 35. The largest absolute Gasteiger partial charge is 0.490 e. The maximum Gasteiger partial charge on any atom is 0.417 e. The van der Waals surface area contributed by atoms with E-state index in [0.717, 1.165) is 85.9 Å². The number of carbonyl (C=O) groups is 1. The molecule has 8 heterocycles. The number of carbonyl (C=O) groups excluding carboxylic acids is 1. The number of alkyl halides is 3. The Morgan fingerprint density at radius 2 is 0.755 bits per heavy atom. The van der Waals surface area contributed by atoms with E-state index in [1.165, 1.54) is 54.3 Å². The molecule has 0 bridgehead atoms. The van der Waals surface area contributed by atoms with Gasteiger partial charge < -0.3 is 80.5 Å². The van der Waals surface area contributed by atoms with Gasteiger partial charge in [0.2, 0.25) is 35.0 Å². The summed E-state index contributed by atoms with van der Waals surface area (Å²) in [5.41, 5.74) is 16.4. The molecule has 768 valence electrons. The van der Waals surface area contributed by atoms with Crippen LogP contribution in [0.25, 0.3) is 125 Å². The first-order valence-corrected chi connectivity index (χ1v) is 49.1. The highest BCUT2D eigenvalue weighted by molar-refractivity contribution is 5.82. The van der Waals surface area contributed by atoms with Gasteiger partial charge in [0.25, 0.3) is 29.5 Å². The molecule has 2 aliphatic heterocycles. The average molecular weight is 2010 g/mol. The van der Waals surface area contributed by atoms with E-state index in [1.807, 2.05) is 183 Å². The molecule has 2 atom stereocenters. The van der Waals surface area contributed by atoms with Gasteiger partial charge in [-0.3, -0.25) is 19.6 Å². The lowest BCUT2D eigenvalue weighted by atomic mass is 9.97. The zero-order chi connectivity index (χ0) is 104. The number of hydrogen-bond acceptors (Lipinski definition) is 30. The van der Waals surface area contributed by atoms with Crippen LogP contribution in [0.15, 0.2) is 241 Å². The fraction of sp³-hybridized carbons (Fsp3) is 0.327. The molecule has 2 saturated heterocycles. The number of halogens is 3. The van der Waals surface area contributed by atoms with E-state index in [2.05, 4.69) is 130 Å². The lowest BCUT2D eigenvalue weighted by Gasteiger charge is -2.26. The van der Waals surface area contributed by atoms with Crippen LogP contribution in [0.2, 0.25) is 0 Å². The highest BCUT2D eigenvalue weighted by atomic mass is 19.4. The summed E-state index contributed by atoms with van der Waals surface area (Å²) in [6, 6.07) is 62.3. The van der Waals surface area contributed by atoms with Crippen LogP contribution >= 0.6 is 0 Å². The van der Waals surface area contributed by atoms with E-state index in [4.69, 9.17) is 60.5 Å². The van der Waals surface area contributed by atoms with Crippen molar-refractivity contribution in [3.8, 4) is 171 Å². The molecule has 2 fully saturated rings. The monoisotopic (exact) mass is 2000 g/mol. The number of likely N-dealkylation sites (tertiary alicyclic amines) is 2. The molecule has 6 aromatic heterocycles. The zero-order valence-corrected chi connectivity index (χ0v) is 85.6. The first kappa shape index (κ1) is 107. The first-order chi connectivity index (χ1) is 71.2. The minimum absolute atomic E-state index is 0.00496. The molecule has 2 aliphatic rings. The van der Waals surface area contributed by atoms with E-state index >= 15 is 0 Å². The van der Waals surface area contributed by atoms with Gasteiger partial charge in [-0.25, -0.2) is 0 Å². The van der Waals surface area contributed by atoms with Crippen LogP contribution in [0.5, 0.6) is 46.0 Å². The number of pyridine rings is 1. The molecule has 0 saturated carbocycles. The molecule has 147 heavy (non-hydrogen) atoms. The predicted molar refractivity (Wildman–Crippen MR) is 554 cm³/mol. The molecule has 1 amide bonds. The van der Waals surface area contributed by atoms with Gasteiger partial charge in [-0.1, -0.05) is 123 Å². The third kappa shape index (κ3) is 28.0. The Morgan fingerprint density at radius 1 is 0.388 bits per heavy atom. The Morgan fingerprint density at radius 3 is 1.15 bits per heavy atom. The number of hydrogen-bond donors (Lipinski definition) is 2. The summed E-state index contributed by atoms with van der Waals surface area (Å²) < 4.78 is 113. The second-order valence-corrected chi connectivity index (χ2v) is 35.1. The Bertz CT molecular complexity index is 7000. The molecule has 34 heteroatoms. The van der Waals surface area contributed by atoms with Gasteiger partial charge in [0.15, 0.2) is 46.0 Å². The van der Waals surface area contributed by atoms with Crippen molar-refractivity contribution < 1.29 is 88.7 Å². The Hall–Kier alpha value is -15.5. The minimum atomic E-state index is -4.52. The number of benzene rings is 10. The molecule has 0 unspecified atom stereocenters. The average Bonchev–Trinajstić information content (AvgIpc) is 1.76. The summed E-state index contributed by atoms with van der Waals surface area (Å²) in [5, 5.41) is 39.9. The normalized spacial score (nSPS) is 13.4. The van der Waals surface area contributed by atoms with Crippen molar-refractivity contribution in [3.63, 3.8) is 0 Å². The van der Waals surface area contributed by atoms with Gasteiger partial charge in [0.05, 0.1) is 77.2 Å². The van der Waals surface area contributed by atoms with Crippen LogP contribution in [0.1, 0.15) is 125 Å². The predicted octanol–water partition coefficient (Wildman–Crippen LogP) is 22.7. The lowest BCUT2D eigenvalue weighted by molar-refractivity contribution is -0.137. The fourth-order valence-corrected chi connectivity index (χ4v) is 16.8. The summed E-state index contributed by atoms with van der Waals surface area (Å²) in [6.45, 7) is 33.5. The van der Waals surface area contributed by atoms with Crippen molar-refractivity contribution in [2.24, 2.45) is 0 Å². The molecule has 0 radical (unpaired) electrons. The number of aromatic nitrogens is 11. The third-order valence-corrected chi connectivity index (χ3v) is 23.9. The number of amides is 1. The quantitative estimate of drug-likeness (QED) is 0.0372. The minimum Gasteiger partial charge on any atom is -0.490 e. The molecular formula is C113H124F3N15O16. The van der Waals surface area contributed by atoms with Gasteiger partial charge in [-0.15, -0.1) is 0 Å². The number of likely N-dealkylation sites (N-methyl/N-ethyl adjacent to an activating group) is 1. The van der Waals surface area contributed by atoms with Gasteiger partial charge in [-0.2, -0.15) is 38.1 Å². The summed E-state index contributed by atoms with van der Waals surface area (Å²) >= 11 is 0. The Balaban J connectivity index is 0.000000146. The highest BCUT2D eigenvalue weighted by Gasteiger charge is 2.38. The highest BCUT2D eigenvalue weighted by Crippen LogP contribution is 2.43. The first-order valence-electron chi connectivity index (χ1n) is 49.1. The van der Waals surface area contributed by atoms with Crippen LogP contribution < -0.4 is 37.9 Å². The Labute approximate surface area is 853 Å². The molecule has 0 aliphatic carbocycles. The van der Waals surface area contributed by atoms with E-state index in [0.29, 0.717) is 176 Å². The number of β-amino-alcohol motifs (C(OH)–C–C–N with tert-alkyl or cyclic N) is 1. The standard InChI is InChI=1S/C27H34N4O5.C24H29N3O3.C22H27N3O3.C20H12F3N3O.C20H22N2O4/c1-6-34-23-11-9-19(13-24(23)35-7-2)26-28-25(29-36-26)21-10-8-18(12-17(21)3)15-31-16-20(32)14-22(31)27(33)30(4)5;1-4-28-21-11-10-19(15-22(21)29-5-2)24-25-23(26-30-24)18-8-9-20(17(3)14-18)16-27-12-6-7-13-27;1-6-26-19-11-10-17(13-20(19)27-7-2)22-23-21(24-28-22)16-8-9-18(14-25(4)5)15(3)12-16;21-20(22,23)17-12-15(6-7-16(17)13-4-2-1-3-5-13)19-25-18(26-27-19)14-8-10-24-11-9-14;1-4-24-17-9-7-15(11-18(17)25-5-2)20-21-19(22-26-20)16-8-6-14(12-23)10-13(16)3/h8-13,20,22,32H,6-7,14-16H2,1-5H3;8-11,14-15H,4-7,12-13,16H2,1-3H3;8-13H,6-7,14H2,1-5H3;1-12H;6-11,23H,4-5,12H2,1-3H3/t20-,22+;;;;/m1..../s1. The smallest absolute Gasteiger partial charge is 0.417 e. The topological polar surface area (TPSA) is 352 Å². The molecule has 18 rings (SSSR count). The van der Waals surface area contributed by atoms with Crippen molar-refractivity contribution in [2.45, 2.75) is 147 Å². The summed E-state index contributed by atoms with van der Waals surface area (Å²) in [7, 11) is 7.61. The van der Waals surface area contributed by atoms with E-state index in [1.54, 1.807) is 79.9 Å². The summed E-state index contributed by atoms with van der Waals surface area (Å²) in [6.07, 6.45) is 1.19. The van der Waals surface area contributed by atoms with Crippen molar-refractivity contribution in [3.05, 3.63) is 269 Å². The fourth-order valence-electron chi connectivity index (χ4n) is 16.8. The van der Waals surface area contributed by atoms with Crippen LogP contribution in [0, 0.1) is 27.7 Å². The number of aliphatic hydroxyl groups excluding tert-OH is 2. The number of ether oxygens (including phenoxy) is 8. The van der Waals surface area contributed by atoms with E-state index < -0.39 is 17.8 Å². The van der Waals surface area contributed by atoms with Crippen molar-refractivity contribution in [1.82, 2.24) is 75.3 Å². The second-order valence-electron chi connectivity index (χ2n) is 35.1. The van der Waals surface area contributed by atoms with Crippen molar-refractivity contribution in [1.29, 1.82) is 0 Å². The number of aryl methyl sites for hydroxylation is 4. The van der Waals surface area contributed by atoms with Gasteiger partial charge >= 0.3 is 6.18 Å². The van der Waals surface area contributed by atoms with E-state index in [-0.39, 0.29) is 41.4 Å². The maximum atomic E-state index is 13.6. The summed E-state index contributed by atoms with van der Waals surface area (Å²) in [5.74, 6) is 9.64. The number of aliphatic hydroxyl groups is 2. The Kier molecular flexibility index (Phi) is 37.5.